The van der Waals surface area contributed by atoms with Gasteiger partial charge in [-0.15, -0.1) is 11.3 Å². The monoisotopic (exact) mass is 443 g/mol. The number of thiophene rings is 1. The highest BCUT2D eigenvalue weighted by Crippen LogP contribution is 2.38. The van der Waals surface area contributed by atoms with E-state index >= 15 is 0 Å². The van der Waals surface area contributed by atoms with Gasteiger partial charge in [0.2, 0.25) is 5.91 Å². The normalized spacial score (nSPS) is 12.7. The molecule has 2 amide bonds. The predicted molar refractivity (Wildman–Crippen MR) is 103 cm³/mol. The first-order chi connectivity index (χ1) is 14.0. The molecule has 0 aliphatic heterocycles. The first-order valence-electron chi connectivity index (χ1n) is 8.68. The van der Waals surface area contributed by atoms with Crippen LogP contribution >= 0.6 is 11.3 Å². The number of alkyl halides is 4. The Morgan fingerprint density at radius 1 is 1.13 bits per heavy atom. The van der Waals surface area contributed by atoms with Gasteiger partial charge in [0.05, 0.1) is 5.69 Å². The van der Waals surface area contributed by atoms with Crippen LogP contribution in [0.1, 0.15) is 58.1 Å². The molecule has 3 N–H and O–H groups in total. The number of hydrogen-bond donors (Lipinski definition) is 2. The molecule has 7 nitrogen and oxygen atoms in total. The summed E-state index contributed by atoms with van der Waals surface area (Å²) in [6.45, 7) is 4.51. The first-order valence-corrected chi connectivity index (χ1v) is 9.50. The van der Waals surface area contributed by atoms with Gasteiger partial charge in [-0.2, -0.15) is 5.10 Å². The molecular formula is C18H17F4N5O2S. The van der Waals surface area contributed by atoms with Crippen molar-refractivity contribution in [2.24, 2.45) is 5.73 Å². The van der Waals surface area contributed by atoms with Crippen LogP contribution in [0.4, 0.5) is 23.2 Å². The second-order valence-electron chi connectivity index (χ2n) is 6.64. The zero-order valence-electron chi connectivity index (χ0n) is 16.0. The topological polar surface area (TPSA) is 103 Å². The molecule has 30 heavy (non-hydrogen) atoms. The van der Waals surface area contributed by atoms with E-state index in [4.69, 9.17) is 5.73 Å². The number of anilines is 1. The minimum Gasteiger partial charge on any atom is -0.365 e. The fourth-order valence-corrected chi connectivity index (χ4v) is 4.13. The Hall–Kier alpha value is -3.02. The molecule has 0 saturated carbocycles. The largest absolute Gasteiger partial charge is 0.365 e. The zero-order chi connectivity index (χ0) is 22.3. The Kier molecular flexibility index (Phi) is 5.79. The zero-order valence-corrected chi connectivity index (χ0v) is 16.9. The van der Waals surface area contributed by atoms with Crippen molar-refractivity contribution in [2.45, 2.75) is 39.7 Å². The average molecular weight is 443 g/mol. The summed E-state index contributed by atoms with van der Waals surface area (Å²) >= 11 is 0.783. The van der Waals surface area contributed by atoms with Crippen molar-refractivity contribution >= 4 is 39.1 Å². The molecule has 0 aromatic carbocycles. The smallest absolute Gasteiger partial charge is 0.282 e. The number of nitrogens with zero attached hydrogens (tertiary/aromatic N) is 3. The summed E-state index contributed by atoms with van der Waals surface area (Å²) in [6.07, 6.45) is -5.60. The van der Waals surface area contributed by atoms with Crippen molar-refractivity contribution in [3.63, 3.8) is 0 Å². The number of nitrogens with two attached hydrogens (primary N) is 1. The van der Waals surface area contributed by atoms with Gasteiger partial charge in [-0.25, -0.2) is 22.5 Å². The van der Waals surface area contributed by atoms with Crippen LogP contribution in [0.2, 0.25) is 0 Å². The molecule has 0 spiro atoms. The molecule has 3 rings (SSSR count). The highest BCUT2D eigenvalue weighted by molar-refractivity contribution is 7.21. The molecule has 0 aliphatic carbocycles. The summed E-state index contributed by atoms with van der Waals surface area (Å²) < 4.78 is 53.0. The van der Waals surface area contributed by atoms with E-state index in [9.17, 15) is 27.2 Å². The van der Waals surface area contributed by atoms with E-state index in [1.165, 1.54) is 19.9 Å². The standard InChI is InChI=1S/C18H17F4N5O2S/c1-6-4-9(14(19)20)24-18-11(6)12(13(30-18)16(23)28)25-17(29)8(3)27-7(2)5-10(26-27)15(21)22/h4-5,8,14-15H,1-3H3,(H2,23,28)(H,25,29)/t8-/m0/s1. The molecule has 160 valence electrons. The third-order valence-corrected chi connectivity index (χ3v) is 5.58. The number of rotatable bonds is 6. The molecule has 3 aromatic heterocycles. The molecule has 0 radical (unpaired) electrons. The number of fused-ring (bicyclic) bond motifs is 1. The molecule has 0 saturated heterocycles. The van der Waals surface area contributed by atoms with Crippen LogP contribution in [0, 0.1) is 13.8 Å². The number of nitrogens with one attached hydrogen (secondary N) is 1. The molecule has 3 heterocycles. The maximum absolute atomic E-state index is 13.1. The van der Waals surface area contributed by atoms with Crippen LogP contribution in [0.15, 0.2) is 12.1 Å². The van der Waals surface area contributed by atoms with Crippen LogP contribution in [0.3, 0.4) is 0 Å². The van der Waals surface area contributed by atoms with E-state index in [2.05, 4.69) is 15.4 Å². The van der Waals surface area contributed by atoms with E-state index in [0.29, 0.717) is 16.6 Å². The minimum absolute atomic E-state index is 0.0454. The number of carbonyl (C=O) groups is 2. The van der Waals surface area contributed by atoms with Crippen molar-refractivity contribution in [2.75, 3.05) is 5.32 Å². The van der Waals surface area contributed by atoms with Crippen molar-refractivity contribution in [3.05, 3.63) is 39.7 Å². The lowest BCUT2D eigenvalue weighted by molar-refractivity contribution is -0.119. The van der Waals surface area contributed by atoms with Crippen molar-refractivity contribution in [3.8, 4) is 0 Å². The molecule has 0 aliphatic rings. The summed E-state index contributed by atoms with van der Waals surface area (Å²) in [5, 5.41) is 6.62. The fraction of sp³-hybridized carbons (Fsp3) is 0.333. The SMILES string of the molecule is Cc1cc(C(F)F)nc2sc(C(N)=O)c(NC(=O)[C@H](C)n3nc(C(F)F)cc3C)c12. The molecule has 3 aromatic rings. The number of aryl methyl sites for hydroxylation is 2. The number of carbonyl (C=O) groups excluding carboxylic acids is 2. The molecule has 0 unspecified atom stereocenters. The van der Waals surface area contributed by atoms with Crippen LogP contribution in [0.25, 0.3) is 10.2 Å². The molecular weight excluding hydrogens is 426 g/mol. The first kappa shape index (κ1) is 21.7. The van der Waals surface area contributed by atoms with Gasteiger partial charge < -0.3 is 11.1 Å². The second kappa shape index (κ2) is 8.01. The Labute approximate surface area is 171 Å². The van der Waals surface area contributed by atoms with Crippen LogP contribution in [0.5, 0.6) is 0 Å². The van der Waals surface area contributed by atoms with Crippen molar-refractivity contribution in [1.82, 2.24) is 14.8 Å². The van der Waals surface area contributed by atoms with Gasteiger partial charge in [0.1, 0.15) is 27.1 Å². The van der Waals surface area contributed by atoms with Crippen LogP contribution in [-0.2, 0) is 4.79 Å². The summed E-state index contributed by atoms with van der Waals surface area (Å²) in [7, 11) is 0. The average Bonchev–Trinajstić information content (AvgIpc) is 3.22. The Morgan fingerprint density at radius 3 is 2.30 bits per heavy atom. The number of halogens is 4. The molecule has 0 bridgehead atoms. The predicted octanol–water partition coefficient (Wildman–Crippen LogP) is 4.28. The Bertz CT molecular complexity index is 1140. The van der Waals surface area contributed by atoms with Crippen LogP contribution in [-0.4, -0.2) is 26.6 Å². The van der Waals surface area contributed by atoms with E-state index in [-0.39, 0.29) is 15.4 Å². The lowest BCUT2D eigenvalue weighted by atomic mass is 10.1. The molecule has 1 atom stereocenters. The highest BCUT2D eigenvalue weighted by atomic mass is 32.1. The van der Waals surface area contributed by atoms with Crippen LogP contribution < -0.4 is 11.1 Å². The summed E-state index contributed by atoms with van der Waals surface area (Å²) in [5.74, 6) is -1.52. The number of aromatic nitrogens is 3. The maximum atomic E-state index is 13.1. The van der Waals surface area contributed by atoms with E-state index < -0.39 is 42.1 Å². The summed E-state index contributed by atoms with van der Waals surface area (Å²) in [4.78, 5) is 28.6. The van der Waals surface area contributed by atoms with Gasteiger partial charge in [0.25, 0.3) is 18.8 Å². The second-order valence-corrected chi connectivity index (χ2v) is 7.64. The van der Waals surface area contributed by atoms with Crippen molar-refractivity contribution in [1.29, 1.82) is 0 Å². The third-order valence-electron chi connectivity index (χ3n) is 4.49. The lowest BCUT2D eigenvalue weighted by Crippen LogP contribution is -2.26. The third kappa shape index (κ3) is 3.86. The maximum Gasteiger partial charge on any atom is 0.282 e. The summed E-state index contributed by atoms with van der Waals surface area (Å²) in [5.41, 5.74) is 5.23. The number of primary amides is 1. The Morgan fingerprint density at radius 2 is 1.77 bits per heavy atom. The lowest BCUT2D eigenvalue weighted by Gasteiger charge is -2.15. The summed E-state index contributed by atoms with van der Waals surface area (Å²) in [6, 6.07) is 1.33. The Balaban J connectivity index is 2.03. The van der Waals surface area contributed by atoms with Gasteiger partial charge in [-0.1, -0.05) is 0 Å². The minimum atomic E-state index is -2.81. The quantitative estimate of drug-likeness (QED) is 0.555. The molecule has 0 fully saturated rings. The van der Waals surface area contributed by atoms with E-state index in [1.54, 1.807) is 6.92 Å². The van der Waals surface area contributed by atoms with E-state index in [0.717, 1.165) is 22.1 Å². The number of pyridine rings is 1. The van der Waals surface area contributed by atoms with E-state index in [1.807, 2.05) is 0 Å². The number of hydrogen-bond acceptors (Lipinski definition) is 5. The van der Waals surface area contributed by atoms with Gasteiger partial charge >= 0.3 is 0 Å². The fourth-order valence-electron chi connectivity index (χ4n) is 3.06. The molecule has 12 heteroatoms. The highest BCUT2D eigenvalue weighted by Gasteiger charge is 2.26. The van der Waals surface area contributed by atoms with Gasteiger partial charge in [0.15, 0.2) is 0 Å². The van der Waals surface area contributed by atoms with Gasteiger partial charge in [-0.3, -0.25) is 14.3 Å². The number of amides is 2. The van der Waals surface area contributed by atoms with Crippen molar-refractivity contribution < 1.29 is 27.2 Å². The van der Waals surface area contributed by atoms with Gasteiger partial charge in [0, 0.05) is 11.1 Å². The van der Waals surface area contributed by atoms with Gasteiger partial charge in [-0.05, 0) is 38.5 Å².